The largest absolute Gasteiger partial charge is 0.507 e. The van der Waals surface area contributed by atoms with E-state index in [-0.39, 0.29) is 17.4 Å². The summed E-state index contributed by atoms with van der Waals surface area (Å²) in [5.41, 5.74) is 4.08. The van der Waals surface area contributed by atoms with Crippen LogP contribution in [0.4, 0.5) is 5.13 Å². The number of amides is 1. The van der Waals surface area contributed by atoms with Crippen molar-refractivity contribution in [2.24, 2.45) is 0 Å². The summed E-state index contributed by atoms with van der Waals surface area (Å²) < 4.78 is 6.71. The summed E-state index contributed by atoms with van der Waals surface area (Å²) in [4.78, 5) is 32.9. The van der Waals surface area contributed by atoms with E-state index in [9.17, 15) is 14.7 Å². The minimum Gasteiger partial charge on any atom is -0.507 e. The number of aromatic nitrogens is 1. The van der Waals surface area contributed by atoms with Crippen molar-refractivity contribution >= 4 is 44.1 Å². The average Bonchev–Trinajstić information content (AvgIpc) is 3.51. The van der Waals surface area contributed by atoms with Gasteiger partial charge in [0.2, 0.25) is 0 Å². The van der Waals surface area contributed by atoms with Crippen LogP contribution in [0.5, 0.6) is 5.75 Å². The molecule has 0 spiro atoms. The van der Waals surface area contributed by atoms with E-state index >= 15 is 0 Å². The quantitative estimate of drug-likeness (QED) is 0.235. The van der Waals surface area contributed by atoms with Gasteiger partial charge in [-0.05, 0) is 60.9 Å². The lowest BCUT2D eigenvalue weighted by Crippen LogP contribution is -2.29. The Labute approximate surface area is 206 Å². The third kappa shape index (κ3) is 3.51. The molecule has 0 unspecified atom stereocenters. The van der Waals surface area contributed by atoms with E-state index in [0.717, 1.165) is 39.1 Å². The number of ketones is 1. The lowest BCUT2D eigenvalue weighted by atomic mass is 9.94. The summed E-state index contributed by atoms with van der Waals surface area (Å²) in [6, 6.07) is 19.7. The molecular weight excluding hydrogens is 460 g/mol. The number of aryl methyl sites for hydroxylation is 1. The van der Waals surface area contributed by atoms with Gasteiger partial charge >= 0.3 is 5.91 Å². The number of rotatable bonds is 3. The molecule has 1 amide bonds. The Bertz CT molecular complexity index is 1540. The molecule has 174 valence electrons. The zero-order valence-corrected chi connectivity index (χ0v) is 20.0. The Hall–Kier alpha value is -3.97. The SMILES string of the molecule is Cc1ccc2nc(N3C(=O)C(=O)/C(=C(/O)c4ccc5c(c4)C[C@H](C)O5)[C@@H]3c3ccccc3)sc2c1. The van der Waals surface area contributed by atoms with Gasteiger partial charge in [0.1, 0.15) is 17.6 Å². The van der Waals surface area contributed by atoms with E-state index in [1.54, 1.807) is 12.1 Å². The Morgan fingerprint density at radius 1 is 1.09 bits per heavy atom. The normalized spacial score (nSPS) is 20.9. The molecule has 2 atom stereocenters. The van der Waals surface area contributed by atoms with Gasteiger partial charge in [-0.1, -0.05) is 47.7 Å². The summed E-state index contributed by atoms with van der Waals surface area (Å²) in [5, 5.41) is 11.8. The number of nitrogens with zero attached hydrogens (tertiary/aromatic N) is 2. The number of thiazole rings is 1. The van der Waals surface area contributed by atoms with Crippen LogP contribution in [-0.2, 0) is 16.0 Å². The highest BCUT2D eigenvalue weighted by Crippen LogP contribution is 2.44. The third-order valence-electron chi connectivity index (χ3n) is 6.47. The molecule has 3 aromatic carbocycles. The van der Waals surface area contributed by atoms with Crippen LogP contribution in [0.1, 0.15) is 35.2 Å². The lowest BCUT2D eigenvalue weighted by Gasteiger charge is -2.23. The van der Waals surface area contributed by atoms with Crippen LogP contribution in [-0.4, -0.2) is 27.9 Å². The molecule has 7 heteroatoms. The van der Waals surface area contributed by atoms with Crippen LogP contribution in [0.15, 0.2) is 72.3 Å². The third-order valence-corrected chi connectivity index (χ3v) is 7.49. The van der Waals surface area contributed by atoms with Crippen molar-refractivity contribution in [3.8, 4) is 5.75 Å². The molecule has 0 bridgehead atoms. The van der Waals surface area contributed by atoms with Crippen molar-refractivity contribution in [3.63, 3.8) is 0 Å². The number of anilines is 1. The molecule has 1 fully saturated rings. The molecule has 6 rings (SSSR count). The van der Waals surface area contributed by atoms with E-state index in [1.807, 2.05) is 68.4 Å². The maximum atomic E-state index is 13.4. The Kier molecular flexibility index (Phi) is 4.96. The average molecular weight is 483 g/mol. The second-order valence-electron chi connectivity index (χ2n) is 9.00. The van der Waals surface area contributed by atoms with Crippen molar-refractivity contribution in [1.29, 1.82) is 0 Å². The van der Waals surface area contributed by atoms with E-state index in [2.05, 4.69) is 4.98 Å². The molecule has 0 radical (unpaired) electrons. The number of carbonyl (C=O) groups is 2. The predicted octanol–water partition coefficient (Wildman–Crippen LogP) is 5.55. The van der Waals surface area contributed by atoms with Gasteiger partial charge in [0, 0.05) is 12.0 Å². The van der Waals surface area contributed by atoms with Crippen molar-refractivity contribution in [3.05, 3.63) is 94.6 Å². The minimum atomic E-state index is -0.790. The fourth-order valence-electron chi connectivity index (χ4n) is 4.83. The van der Waals surface area contributed by atoms with E-state index < -0.39 is 17.7 Å². The molecule has 2 aliphatic heterocycles. The van der Waals surface area contributed by atoms with Crippen molar-refractivity contribution in [2.75, 3.05) is 4.90 Å². The first-order valence-corrected chi connectivity index (χ1v) is 12.3. The Morgan fingerprint density at radius 2 is 1.89 bits per heavy atom. The molecule has 1 N–H and O–H groups in total. The number of carbonyl (C=O) groups excluding carboxylic acids is 2. The van der Waals surface area contributed by atoms with Crippen LogP contribution in [0.3, 0.4) is 0 Å². The molecule has 4 aromatic rings. The number of benzene rings is 3. The summed E-state index contributed by atoms with van der Waals surface area (Å²) in [6.07, 6.45) is 0.776. The molecule has 6 nitrogen and oxygen atoms in total. The topological polar surface area (TPSA) is 79.7 Å². The number of ether oxygens (including phenoxy) is 1. The lowest BCUT2D eigenvalue weighted by molar-refractivity contribution is -0.132. The second kappa shape index (κ2) is 8.06. The Morgan fingerprint density at radius 3 is 2.69 bits per heavy atom. The van der Waals surface area contributed by atoms with Crippen LogP contribution in [0.25, 0.3) is 16.0 Å². The van der Waals surface area contributed by atoms with Gasteiger partial charge < -0.3 is 9.84 Å². The predicted molar refractivity (Wildman–Crippen MR) is 136 cm³/mol. The molecule has 0 saturated carbocycles. The number of aliphatic hydroxyl groups excluding tert-OH is 1. The highest BCUT2D eigenvalue weighted by molar-refractivity contribution is 7.22. The van der Waals surface area contributed by atoms with Gasteiger partial charge in [-0.15, -0.1) is 0 Å². The molecule has 3 heterocycles. The molecule has 0 aliphatic carbocycles. The molecular formula is C28H22N2O4S. The van der Waals surface area contributed by atoms with Gasteiger partial charge in [0.05, 0.1) is 21.8 Å². The molecule has 1 aromatic heterocycles. The van der Waals surface area contributed by atoms with E-state index in [4.69, 9.17) is 4.74 Å². The van der Waals surface area contributed by atoms with Crippen LogP contribution < -0.4 is 9.64 Å². The van der Waals surface area contributed by atoms with Gasteiger partial charge in [-0.2, -0.15) is 0 Å². The smallest absolute Gasteiger partial charge is 0.301 e. The summed E-state index contributed by atoms with van der Waals surface area (Å²) in [6.45, 7) is 3.98. The second-order valence-corrected chi connectivity index (χ2v) is 10.0. The number of aliphatic hydroxyl groups is 1. The van der Waals surface area contributed by atoms with Crippen molar-refractivity contribution in [1.82, 2.24) is 4.98 Å². The first-order valence-electron chi connectivity index (χ1n) is 11.4. The minimum absolute atomic E-state index is 0.0555. The number of Topliss-reactive ketones (excluding diaryl/α,β-unsaturated/α-hetero) is 1. The maximum Gasteiger partial charge on any atom is 0.301 e. The number of fused-ring (bicyclic) bond motifs is 2. The first-order chi connectivity index (χ1) is 16.9. The van der Waals surface area contributed by atoms with Gasteiger partial charge in [0.25, 0.3) is 5.78 Å². The summed E-state index contributed by atoms with van der Waals surface area (Å²) >= 11 is 1.36. The highest BCUT2D eigenvalue weighted by Gasteiger charge is 2.48. The van der Waals surface area contributed by atoms with Gasteiger partial charge in [0.15, 0.2) is 5.13 Å². The fraction of sp³-hybridized carbons (Fsp3) is 0.179. The Balaban J connectivity index is 1.53. The zero-order chi connectivity index (χ0) is 24.3. The van der Waals surface area contributed by atoms with Gasteiger partial charge in [-0.3, -0.25) is 14.5 Å². The highest BCUT2D eigenvalue weighted by atomic mass is 32.1. The maximum absolute atomic E-state index is 13.4. The van der Waals surface area contributed by atoms with Crippen molar-refractivity contribution < 1.29 is 19.4 Å². The zero-order valence-electron chi connectivity index (χ0n) is 19.2. The standard InChI is InChI=1S/C28H22N2O4S/c1-15-8-10-20-22(12-15)35-28(29-20)30-24(17-6-4-3-5-7-17)23(26(32)27(30)33)25(31)18-9-11-21-19(14-18)13-16(2)34-21/h3-12,14,16,24,31H,13H2,1-2H3/b25-23+/t16-,24-/m0/s1. The van der Waals surface area contributed by atoms with E-state index in [0.29, 0.717) is 10.7 Å². The first kappa shape index (κ1) is 21.6. The van der Waals surface area contributed by atoms with Gasteiger partial charge in [-0.25, -0.2) is 4.98 Å². The summed E-state index contributed by atoms with van der Waals surface area (Å²) in [7, 11) is 0. The number of hydrogen-bond donors (Lipinski definition) is 1. The molecule has 35 heavy (non-hydrogen) atoms. The van der Waals surface area contributed by atoms with Crippen LogP contribution in [0.2, 0.25) is 0 Å². The van der Waals surface area contributed by atoms with Crippen LogP contribution in [0, 0.1) is 6.92 Å². The number of hydrogen-bond acceptors (Lipinski definition) is 6. The van der Waals surface area contributed by atoms with Crippen molar-refractivity contribution in [2.45, 2.75) is 32.4 Å². The fourth-order valence-corrected chi connectivity index (χ4v) is 5.92. The van der Waals surface area contributed by atoms with Crippen LogP contribution >= 0.6 is 11.3 Å². The summed E-state index contributed by atoms with van der Waals surface area (Å²) in [5.74, 6) is -0.843. The molecule has 2 aliphatic rings. The van der Waals surface area contributed by atoms with E-state index in [1.165, 1.54) is 16.2 Å². The monoisotopic (exact) mass is 482 g/mol. The molecule has 1 saturated heterocycles.